The smallest absolute Gasteiger partial charge is 0.225 e. The Balaban J connectivity index is 1.55. The highest BCUT2D eigenvalue weighted by Crippen LogP contribution is 2.27. The highest BCUT2D eigenvalue weighted by Gasteiger charge is 2.29. The van der Waals surface area contributed by atoms with Crippen molar-refractivity contribution in [2.45, 2.75) is 32.6 Å². The van der Waals surface area contributed by atoms with Crippen molar-refractivity contribution >= 4 is 22.4 Å². The molecule has 0 spiro atoms. The lowest BCUT2D eigenvalue weighted by molar-refractivity contribution is -0.135. The quantitative estimate of drug-likeness (QED) is 0.833. The van der Waals surface area contributed by atoms with Crippen LogP contribution in [-0.2, 0) is 4.79 Å². The molecule has 0 bridgehead atoms. The Morgan fingerprint density at radius 1 is 1.26 bits per heavy atom. The van der Waals surface area contributed by atoms with Crippen LogP contribution >= 0.6 is 11.3 Å². The van der Waals surface area contributed by atoms with Gasteiger partial charge in [0.2, 0.25) is 5.91 Å². The molecule has 19 heavy (non-hydrogen) atoms. The van der Waals surface area contributed by atoms with Crippen LogP contribution in [0, 0.1) is 12.8 Å². The van der Waals surface area contributed by atoms with Gasteiger partial charge < -0.3 is 9.80 Å². The molecule has 1 aliphatic carbocycles. The minimum atomic E-state index is 0.314. The van der Waals surface area contributed by atoms with Gasteiger partial charge in [-0.25, -0.2) is 4.98 Å². The molecule has 2 aliphatic rings. The predicted octanol–water partition coefficient (Wildman–Crippen LogP) is 2.29. The Hall–Kier alpha value is -1.10. The lowest BCUT2D eigenvalue weighted by Gasteiger charge is -2.35. The van der Waals surface area contributed by atoms with Crippen molar-refractivity contribution in [1.29, 1.82) is 0 Å². The standard InChI is InChI=1S/C14H21N3OS/c1-11-10-19-14(15-11)17-8-6-16(7-9-17)13(18)12-4-2-3-5-12/h10,12H,2-9H2,1H3. The molecule has 2 fully saturated rings. The second-order valence-electron chi connectivity index (χ2n) is 5.57. The first-order valence-corrected chi connectivity index (χ1v) is 8.08. The van der Waals surface area contributed by atoms with Gasteiger partial charge in [0.05, 0.1) is 5.69 Å². The van der Waals surface area contributed by atoms with Gasteiger partial charge in [-0.3, -0.25) is 4.79 Å². The lowest BCUT2D eigenvalue weighted by atomic mass is 10.1. The molecule has 1 aliphatic heterocycles. The number of hydrogen-bond donors (Lipinski definition) is 0. The van der Waals surface area contributed by atoms with E-state index in [9.17, 15) is 4.79 Å². The first-order chi connectivity index (χ1) is 9.24. The largest absolute Gasteiger partial charge is 0.345 e. The summed E-state index contributed by atoms with van der Waals surface area (Å²) in [4.78, 5) is 21.2. The van der Waals surface area contributed by atoms with Crippen molar-refractivity contribution in [1.82, 2.24) is 9.88 Å². The van der Waals surface area contributed by atoms with Crippen LogP contribution < -0.4 is 4.90 Å². The maximum absolute atomic E-state index is 12.3. The van der Waals surface area contributed by atoms with Gasteiger partial charge in [0.15, 0.2) is 5.13 Å². The van der Waals surface area contributed by atoms with Crippen molar-refractivity contribution in [2.75, 3.05) is 31.1 Å². The monoisotopic (exact) mass is 279 g/mol. The van der Waals surface area contributed by atoms with E-state index in [-0.39, 0.29) is 0 Å². The van der Waals surface area contributed by atoms with E-state index in [1.165, 1.54) is 12.8 Å². The summed E-state index contributed by atoms with van der Waals surface area (Å²) in [7, 11) is 0. The summed E-state index contributed by atoms with van der Waals surface area (Å²) in [5.74, 6) is 0.709. The third-order valence-electron chi connectivity index (χ3n) is 4.17. The van der Waals surface area contributed by atoms with Crippen LogP contribution in [0.5, 0.6) is 0 Å². The molecule has 5 heteroatoms. The van der Waals surface area contributed by atoms with Crippen LogP contribution in [0.1, 0.15) is 31.4 Å². The first-order valence-electron chi connectivity index (χ1n) is 7.20. The third kappa shape index (κ3) is 2.76. The highest BCUT2D eigenvalue weighted by atomic mass is 32.1. The Morgan fingerprint density at radius 3 is 2.53 bits per heavy atom. The number of nitrogens with zero attached hydrogens (tertiary/aromatic N) is 3. The summed E-state index contributed by atoms with van der Waals surface area (Å²) in [6, 6.07) is 0. The number of carbonyl (C=O) groups excluding carboxylic acids is 1. The zero-order valence-corrected chi connectivity index (χ0v) is 12.3. The Labute approximate surface area is 118 Å². The molecule has 4 nitrogen and oxygen atoms in total. The van der Waals surface area contributed by atoms with E-state index in [0.29, 0.717) is 11.8 Å². The molecule has 0 radical (unpaired) electrons. The van der Waals surface area contributed by atoms with Crippen molar-refractivity contribution in [3.05, 3.63) is 11.1 Å². The van der Waals surface area contributed by atoms with E-state index in [0.717, 1.165) is 49.8 Å². The molecule has 104 valence electrons. The number of aryl methyl sites for hydroxylation is 1. The average Bonchev–Trinajstić information content (AvgIpc) is 3.09. The zero-order valence-electron chi connectivity index (χ0n) is 11.5. The molecule has 2 heterocycles. The van der Waals surface area contributed by atoms with E-state index in [1.807, 2.05) is 6.92 Å². The average molecular weight is 279 g/mol. The number of rotatable bonds is 2. The SMILES string of the molecule is Cc1csc(N2CCN(C(=O)C3CCCC3)CC2)n1. The van der Waals surface area contributed by atoms with Gasteiger partial charge in [0.1, 0.15) is 0 Å². The van der Waals surface area contributed by atoms with Crippen LogP contribution in [0.25, 0.3) is 0 Å². The fourth-order valence-electron chi connectivity index (χ4n) is 3.04. The fraction of sp³-hybridized carbons (Fsp3) is 0.714. The summed E-state index contributed by atoms with van der Waals surface area (Å²) in [5, 5.41) is 3.19. The molecule has 1 aromatic rings. The molecule has 1 saturated heterocycles. The van der Waals surface area contributed by atoms with Crippen LogP contribution in [0.2, 0.25) is 0 Å². The number of aromatic nitrogens is 1. The number of piperazine rings is 1. The van der Waals surface area contributed by atoms with Crippen LogP contribution in [0.15, 0.2) is 5.38 Å². The maximum atomic E-state index is 12.3. The second-order valence-corrected chi connectivity index (χ2v) is 6.40. The number of amides is 1. The second kappa shape index (κ2) is 5.49. The first kappa shape index (κ1) is 12.9. The minimum absolute atomic E-state index is 0.314. The lowest BCUT2D eigenvalue weighted by Crippen LogP contribution is -2.50. The van der Waals surface area contributed by atoms with Crippen molar-refractivity contribution in [3.8, 4) is 0 Å². The van der Waals surface area contributed by atoms with Crippen molar-refractivity contribution in [3.63, 3.8) is 0 Å². The molecular formula is C14H21N3OS. The van der Waals surface area contributed by atoms with Gasteiger partial charge in [0.25, 0.3) is 0 Å². The molecule has 3 rings (SSSR count). The summed E-state index contributed by atoms with van der Waals surface area (Å²) in [6.07, 6.45) is 4.67. The van der Waals surface area contributed by atoms with Gasteiger partial charge in [-0.2, -0.15) is 0 Å². The van der Waals surface area contributed by atoms with E-state index in [4.69, 9.17) is 0 Å². The van der Waals surface area contributed by atoms with E-state index in [1.54, 1.807) is 11.3 Å². The number of anilines is 1. The number of carbonyl (C=O) groups is 1. The minimum Gasteiger partial charge on any atom is -0.345 e. The molecule has 0 unspecified atom stereocenters. The van der Waals surface area contributed by atoms with E-state index in [2.05, 4.69) is 20.2 Å². The van der Waals surface area contributed by atoms with Crippen LogP contribution in [-0.4, -0.2) is 42.0 Å². The normalized spacial score (nSPS) is 21.1. The highest BCUT2D eigenvalue weighted by molar-refractivity contribution is 7.13. The molecule has 1 aromatic heterocycles. The number of hydrogen-bond acceptors (Lipinski definition) is 4. The van der Waals surface area contributed by atoms with Gasteiger partial charge in [-0.15, -0.1) is 11.3 Å². The van der Waals surface area contributed by atoms with E-state index >= 15 is 0 Å². The third-order valence-corrected chi connectivity index (χ3v) is 5.19. The van der Waals surface area contributed by atoms with E-state index < -0.39 is 0 Å². The molecule has 0 aromatic carbocycles. The fourth-order valence-corrected chi connectivity index (χ4v) is 3.89. The van der Waals surface area contributed by atoms with Gasteiger partial charge in [-0.1, -0.05) is 12.8 Å². The Kier molecular flexibility index (Phi) is 3.73. The molecule has 1 amide bonds. The molecule has 0 atom stereocenters. The van der Waals surface area contributed by atoms with Crippen LogP contribution in [0.3, 0.4) is 0 Å². The van der Waals surface area contributed by atoms with Gasteiger partial charge >= 0.3 is 0 Å². The Bertz CT molecular complexity index is 445. The summed E-state index contributed by atoms with van der Waals surface area (Å²) in [6.45, 7) is 5.58. The van der Waals surface area contributed by atoms with Crippen molar-refractivity contribution in [2.24, 2.45) is 5.92 Å². The topological polar surface area (TPSA) is 36.4 Å². The van der Waals surface area contributed by atoms with Gasteiger partial charge in [-0.05, 0) is 19.8 Å². The zero-order chi connectivity index (χ0) is 13.2. The Morgan fingerprint density at radius 2 is 1.95 bits per heavy atom. The summed E-state index contributed by atoms with van der Waals surface area (Å²) < 4.78 is 0. The van der Waals surface area contributed by atoms with Gasteiger partial charge in [0, 0.05) is 37.5 Å². The predicted molar refractivity (Wildman–Crippen MR) is 77.6 cm³/mol. The molecular weight excluding hydrogens is 258 g/mol. The number of thiazole rings is 1. The van der Waals surface area contributed by atoms with Crippen LogP contribution in [0.4, 0.5) is 5.13 Å². The summed E-state index contributed by atoms with van der Waals surface area (Å²) >= 11 is 1.70. The molecule has 1 saturated carbocycles. The van der Waals surface area contributed by atoms with Crippen molar-refractivity contribution < 1.29 is 4.79 Å². The molecule has 0 N–H and O–H groups in total. The maximum Gasteiger partial charge on any atom is 0.225 e. The summed E-state index contributed by atoms with van der Waals surface area (Å²) in [5.41, 5.74) is 1.09.